The third-order valence-corrected chi connectivity index (χ3v) is 1.77. The van der Waals surface area contributed by atoms with E-state index in [-0.39, 0.29) is 6.26 Å². The number of rotatable bonds is 3. The summed E-state index contributed by atoms with van der Waals surface area (Å²) in [6.07, 6.45) is -6.65. The number of hydrogen-bond acceptors (Lipinski definition) is 3. The minimum Gasteiger partial charge on any atom is -0.857 e. The van der Waals surface area contributed by atoms with E-state index in [1.807, 2.05) is 0 Å². The van der Waals surface area contributed by atoms with Crippen LogP contribution in [0.15, 0.2) is 4.40 Å². The van der Waals surface area contributed by atoms with Gasteiger partial charge in [0.1, 0.15) is 0 Å². The highest BCUT2D eigenvalue weighted by Crippen LogP contribution is 2.46. The van der Waals surface area contributed by atoms with Gasteiger partial charge in [-0.05, 0) is 0 Å². The standard InChI is InChI=1S/C5H4F7NO3S/c1-17(15,16)13-2(14)3(6,7)4(8,9)5(10,11)12/h1H3,(H,13,14)/p-1. The Morgan fingerprint density at radius 2 is 1.41 bits per heavy atom. The first kappa shape index (κ1) is 15.9. The molecule has 0 aromatic heterocycles. The molecule has 17 heavy (non-hydrogen) atoms. The number of alkyl halides is 7. The van der Waals surface area contributed by atoms with Gasteiger partial charge in [-0.3, -0.25) is 0 Å². The van der Waals surface area contributed by atoms with Gasteiger partial charge in [-0.1, -0.05) is 0 Å². The van der Waals surface area contributed by atoms with Crippen LogP contribution in [-0.2, 0) is 10.0 Å². The highest BCUT2D eigenvalue weighted by molar-refractivity contribution is 7.89. The lowest BCUT2D eigenvalue weighted by Crippen LogP contribution is -2.59. The highest BCUT2D eigenvalue weighted by atomic mass is 32.2. The van der Waals surface area contributed by atoms with E-state index in [1.54, 1.807) is 4.40 Å². The molecule has 0 aliphatic rings. The van der Waals surface area contributed by atoms with Gasteiger partial charge in [-0.2, -0.15) is 35.1 Å². The summed E-state index contributed by atoms with van der Waals surface area (Å²) in [6.45, 7) is 0. The zero-order valence-corrected chi connectivity index (χ0v) is 8.54. The van der Waals surface area contributed by atoms with E-state index in [2.05, 4.69) is 0 Å². The molecule has 0 spiro atoms. The molecule has 4 nitrogen and oxygen atoms in total. The predicted molar refractivity (Wildman–Crippen MR) is 38.2 cm³/mol. The summed E-state index contributed by atoms with van der Waals surface area (Å²) in [7, 11) is -4.82. The second-order valence-electron chi connectivity index (χ2n) is 2.78. The summed E-state index contributed by atoms with van der Waals surface area (Å²) in [5.74, 6) is -16.4. The van der Waals surface area contributed by atoms with Crippen LogP contribution >= 0.6 is 0 Å². The highest BCUT2D eigenvalue weighted by Gasteiger charge is 2.73. The summed E-state index contributed by atoms with van der Waals surface area (Å²) >= 11 is 0. The topological polar surface area (TPSA) is 69.6 Å². The fourth-order valence-corrected chi connectivity index (χ4v) is 0.936. The number of halogens is 7. The zero-order chi connectivity index (χ0) is 14.3. The Hall–Kier alpha value is -1.07. The van der Waals surface area contributed by atoms with Gasteiger partial charge in [0.2, 0.25) is 10.0 Å². The van der Waals surface area contributed by atoms with Gasteiger partial charge >= 0.3 is 18.0 Å². The molecule has 0 rings (SSSR count). The maximum atomic E-state index is 12.4. The number of sulfonamides is 1. The number of hydrogen-bond donors (Lipinski definition) is 0. The lowest BCUT2D eigenvalue weighted by Gasteiger charge is -2.31. The third-order valence-electron chi connectivity index (χ3n) is 1.27. The molecule has 0 saturated heterocycles. The molecular weight excluding hydrogens is 287 g/mol. The van der Waals surface area contributed by atoms with Crippen molar-refractivity contribution in [3.05, 3.63) is 0 Å². The second kappa shape index (κ2) is 3.99. The van der Waals surface area contributed by atoms with E-state index < -0.39 is 33.9 Å². The van der Waals surface area contributed by atoms with Gasteiger partial charge in [0, 0.05) is 0 Å². The van der Waals surface area contributed by atoms with Gasteiger partial charge in [0.15, 0.2) is 0 Å². The van der Waals surface area contributed by atoms with Crippen molar-refractivity contribution < 1.29 is 44.3 Å². The first-order valence-electron chi connectivity index (χ1n) is 3.42. The monoisotopic (exact) mass is 290 g/mol. The summed E-state index contributed by atoms with van der Waals surface area (Å²) in [4.78, 5) is 0. The summed E-state index contributed by atoms with van der Waals surface area (Å²) < 4.78 is 106. The van der Waals surface area contributed by atoms with Gasteiger partial charge in [0.05, 0.1) is 12.2 Å². The van der Waals surface area contributed by atoms with Crippen LogP contribution in [-0.4, -0.2) is 38.6 Å². The fourth-order valence-electron chi connectivity index (χ4n) is 0.520. The summed E-state index contributed by atoms with van der Waals surface area (Å²) in [6, 6.07) is 0. The third kappa shape index (κ3) is 3.20. The largest absolute Gasteiger partial charge is 0.857 e. The van der Waals surface area contributed by atoms with Crippen molar-refractivity contribution >= 4 is 15.9 Å². The smallest absolute Gasteiger partial charge is 0.460 e. The molecule has 0 aliphatic heterocycles. The van der Waals surface area contributed by atoms with Crippen molar-refractivity contribution in [2.45, 2.75) is 18.0 Å². The molecule has 0 bridgehead atoms. The molecule has 0 unspecified atom stereocenters. The SMILES string of the molecule is CS(=O)(=O)/N=C(\[O-])C(F)(F)C(F)(F)C(F)(F)F. The molecule has 12 heteroatoms. The van der Waals surface area contributed by atoms with Crippen LogP contribution in [0.2, 0.25) is 0 Å². The van der Waals surface area contributed by atoms with E-state index in [4.69, 9.17) is 0 Å². The van der Waals surface area contributed by atoms with Crippen LogP contribution in [0, 0.1) is 0 Å². The van der Waals surface area contributed by atoms with Gasteiger partial charge in [0.25, 0.3) is 0 Å². The molecule has 102 valence electrons. The molecule has 0 fully saturated rings. The minimum atomic E-state index is -6.72. The van der Waals surface area contributed by atoms with Gasteiger partial charge < -0.3 is 5.11 Å². The normalized spacial score (nSPS) is 16.1. The Labute approximate surface area is 89.8 Å². The molecule has 0 amide bonds. The lowest BCUT2D eigenvalue weighted by molar-refractivity contribution is -0.357. The van der Waals surface area contributed by atoms with Crippen LogP contribution < -0.4 is 5.11 Å². The molecule has 0 aromatic carbocycles. The molecule has 0 aliphatic carbocycles. The van der Waals surface area contributed by atoms with Crippen molar-refractivity contribution in [1.82, 2.24) is 0 Å². The predicted octanol–water partition coefficient (Wildman–Crippen LogP) is 0.538. The average Bonchev–Trinajstić information content (AvgIpc) is 1.97. The van der Waals surface area contributed by atoms with E-state index in [1.165, 1.54) is 0 Å². The molecule has 0 atom stereocenters. The fraction of sp³-hybridized carbons (Fsp3) is 0.800. The average molecular weight is 290 g/mol. The van der Waals surface area contributed by atoms with Gasteiger partial charge in [-0.15, -0.1) is 0 Å². The van der Waals surface area contributed by atoms with Crippen LogP contribution in [0.1, 0.15) is 0 Å². The molecule has 0 N–H and O–H groups in total. The first-order chi connectivity index (χ1) is 7.13. The van der Waals surface area contributed by atoms with Crippen LogP contribution in [0.25, 0.3) is 0 Å². The molecular formula is C5H3F7NO3S-. The molecule has 0 radical (unpaired) electrons. The van der Waals surface area contributed by atoms with Crippen LogP contribution in [0.4, 0.5) is 30.7 Å². The Balaban J connectivity index is 5.67. The van der Waals surface area contributed by atoms with Crippen LogP contribution in [0.3, 0.4) is 0 Å². The van der Waals surface area contributed by atoms with Gasteiger partial charge in [-0.25, -0.2) is 8.42 Å². The Kier molecular flexibility index (Phi) is 3.74. The summed E-state index contributed by atoms with van der Waals surface area (Å²) in [5.41, 5.74) is 0. The number of nitrogens with zero attached hydrogens (tertiary/aromatic N) is 1. The van der Waals surface area contributed by atoms with Crippen molar-refractivity contribution in [3.8, 4) is 0 Å². The van der Waals surface area contributed by atoms with E-state index in [9.17, 15) is 44.3 Å². The molecule has 0 saturated carbocycles. The molecule has 0 aromatic rings. The zero-order valence-electron chi connectivity index (χ0n) is 7.73. The maximum absolute atomic E-state index is 12.4. The van der Waals surface area contributed by atoms with Crippen molar-refractivity contribution in [3.63, 3.8) is 0 Å². The quantitative estimate of drug-likeness (QED) is 0.433. The van der Waals surface area contributed by atoms with Crippen LogP contribution in [0.5, 0.6) is 0 Å². The molecule has 0 heterocycles. The van der Waals surface area contributed by atoms with E-state index in [0.717, 1.165) is 0 Å². The van der Waals surface area contributed by atoms with Crippen molar-refractivity contribution in [2.75, 3.05) is 6.26 Å². The van der Waals surface area contributed by atoms with E-state index in [0.29, 0.717) is 0 Å². The first-order valence-corrected chi connectivity index (χ1v) is 5.27. The lowest BCUT2D eigenvalue weighted by atomic mass is 10.1. The second-order valence-corrected chi connectivity index (χ2v) is 4.42. The van der Waals surface area contributed by atoms with Crippen molar-refractivity contribution in [1.29, 1.82) is 0 Å². The Bertz CT molecular complexity index is 423. The van der Waals surface area contributed by atoms with Crippen molar-refractivity contribution in [2.24, 2.45) is 4.40 Å². The summed E-state index contributed by atoms with van der Waals surface area (Å²) in [5, 5.41) is 10.3. The minimum absolute atomic E-state index is 0.0761. The maximum Gasteiger partial charge on any atom is 0.460 e. The Morgan fingerprint density at radius 1 is 1.06 bits per heavy atom. The Morgan fingerprint density at radius 3 is 1.65 bits per heavy atom. The van der Waals surface area contributed by atoms with E-state index >= 15 is 0 Å².